The molecule has 0 saturated heterocycles. The molecule has 1 nitrogen and oxygen atoms in total. The summed E-state index contributed by atoms with van der Waals surface area (Å²) in [5.41, 5.74) is 7.88. The van der Waals surface area contributed by atoms with Crippen molar-refractivity contribution in [3.8, 4) is 0 Å². The van der Waals surface area contributed by atoms with Gasteiger partial charge in [-0.05, 0) is 30.2 Å². The monoisotopic (exact) mass is 247 g/mol. The summed E-state index contributed by atoms with van der Waals surface area (Å²) >= 11 is 0. The Morgan fingerprint density at radius 1 is 1.00 bits per heavy atom. The first-order valence-corrected chi connectivity index (χ1v) is 7.36. The van der Waals surface area contributed by atoms with Gasteiger partial charge in [0.15, 0.2) is 0 Å². The molecule has 0 radical (unpaired) electrons. The number of hydrogen-bond acceptors (Lipinski definition) is 1. The number of hydrogen-bond donors (Lipinski definition) is 1. The van der Waals surface area contributed by atoms with Crippen LogP contribution in [0.1, 0.15) is 58.4 Å². The quantitative estimate of drug-likeness (QED) is 0.750. The molecule has 0 aliphatic heterocycles. The lowest BCUT2D eigenvalue weighted by Crippen LogP contribution is -2.32. The molecule has 0 spiro atoms. The van der Waals surface area contributed by atoms with Crippen molar-refractivity contribution >= 4 is 0 Å². The minimum Gasteiger partial charge on any atom is -0.327 e. The molecule has 0 aliphatic carbocycles. The van der Waals surface area contributed by atoms with Crippen LogP contribution >= 0.6 is 0 Å². The summed E-state index contributed by atoms with van der Waals surface area (Å²) in [6, 6.07) is 11.1. The largest absolute Gasteiger partial charge is 0.327 e. The van der Waals surface area contributed by atoms with Crippen molar-refractivity contribution in [3.05, 3.63) is 35.9 Å². The zero-order valence-electron chi connectivity index (χ0n) is 12.4. The third-order valence-corrected chi connectivity index (χ3v) is 3.98. The molecule has 0 fully saturated rings. The molecule has 0 saturated carbocycles. The van der Waals surface area contributed by atoms with Gasteiger partial charge in [-0.2, -0.15) is 0 Å². The molecular formula is C17H29N. The van der Waals surface area contributed by atoms with E-state index in [9.17, 15) is 0 Å². The van der Waals surface area contributed by atoms with Crippen molar-refractivity contribution < 1.29 is 0 Å². The van der Waals surface area contributed by atoms with Crippen LogP contribution in [0, 0.1) is 11.8 Å². The Kier molecular flexibility index (Phi) is 6.42. The fourth-order valence-electron chi connectivity index (χ4n) is 2.63. The molecule has 18 heavy (non-hydrogen) atoms. The van der Waals surface area contributed by atoms with Gasteiger partial charge in [0.05, 0.1) is 0 Å². The predicted molar refractivity (Wildman–Crippen MR) is 80.7 cm³/mol. The highest BCUT2D eigenvalue weighted by atomic mass is 14.7. The summed E-state index contributed by atoms with van der Waals surface area (Å²) in [6.45, 7) is 9.13. The van der Waals surface area contributed by atoms with Gasteiger partial charge in [0.2, 0.25) is 0 Å². The van der Waals surface area contributed by atoms with Crippen LogP contribution in [0.5, 0.6) is 0 Å². The van der Waals surface area contributed by atoms with E-state index in [1.165, 1.54) is 18.4 Å². The van der Waals surface area contributed by atoms with Crippen LogP contribution in [0.15, 0.2) is 30.3 Å². The number of benzene rings is 1. The molecule has 0 bridgehead atoms. The van der Waals surface area contributed by atoms with Crippen LogP contribution < -0.4 is 5.73 Å². The molecule has 2 N–H and O–H groups in total. The zero-order valence-corrected chi connectivity index (χ0v) is 12.4. The van der Waals surface area contributed by atoms with E-state index in [2.05, 4.69) is 58.0 Å². The molecule has 3 unspecified atom stereocenters. The van der Waals surface area contributed by atoms with Crippen LogP contribution in [0.2, 0.25) is 0 Å². The Hall–Kier alpha value is -0.820. The first-order chi connectivity index (χ1) is 8.56. The SMILES string of the molecule is CCC(C)C(c1ccccc1)C(N)CCC(C)C. The van der Waals surface area contributed by atoms with Crippen LogP contribution in [0.4, 0.5) is 0 Å². The molecule has 0 heterocycles. The average molecular weight is 247 g/mol. The summed E-state index contributed by atoms with van der Waals surface area (Å²) in [5.74, 6) is 1.88. The summed E-state index contributed by atoms with van der Waals surface area (Å²) < 4.78 is 0. The standard InChI is InChI=1S/C17H29N/c1-5-14(4)17(15-9-7-6-8-10-15)16(18)12-11-13(2)3/h6-10,13-14,16-17H,5,11-12,18H2,1-4H3. The van der Waals surface area contributed by atoms with Crippen molar-refractivity contribution in [3.63, 3.8) is 0 Å². The molecular weight excluding hydrogens is 218 g/mol. The molecule has 1 aromatic rings. The third kappa shape index (κ3) is 4.45. The molecule has 1 heteroatoms. The maximum Gasteiger partial charge on any atom is 0.0110 e. The van der Waals surface area contributed by atoms with E-state index in [0.717, 1.165) is 12.3 Å². The van der Waals surface area contributed by atoms with Crippen molar-refractivity contribution in [1.29, 1.82) is 0 Å². The lowest BCUT2D eigenvalue weighted by Gasteiger charge is -2.30. The Morgan fingerprint density at radius 2 is 1.61 bits per heavy atom. The Morgan fingerprint density at radius 3 is 2.11 bits per heavy atom. The average Bonchev–Trinajstić information content (AvgIpc) is 2.37. The highest BCUT2D eigenvalue weighted by Gasteiger charge is 2.24. The third-order valence-electron chi connectivity index (χ3n) is 3.98. The molecule has 0 aliphatic rings. The molecule has 102 valence electrons. The topological polar surface area (TPSA) is 26.0 Å². The Labute approximate surface area is 113 Å². The first-order valence-electron chi connectivity index (χ1n) is 7.36. The molecule has 0 aromatic heterocycles. The van der Waals surface area contributed by atoms with Crippen molar-refractivity contribution in [2.45, 2.75) is 58.9 Å². The molecule has 1 aromatic carbocycles. The van der Waals surface area contributed by atoms with Crippen LogP contribution in [0.3, 0.4) is 0 Å². The van der Waals surface area contributed by atoms with Crippen molar-refractivity contribution in [1.82, 2.24) is 0 Å². The molecule has 0 amide bonds. The lowest BCUT2D eigenvalue weighted by atomic mass is 9.78. The summed E-state index contributed by atoms with van der Waals surface area (Å²) in [4.78, 5) is 0. The van der Waals surface area contributed by atoms with Gasteiger partial charge >= 0.3 is 0 Å². The van der Waals surface area contributed by atoms with Gasteiger partial charge in [0, 0.05) is 12.0 Å². The summed E-state index contributed by atoms with van der Waals surface area (Å²) in [6.07, 6.45) is 3.54. The summed E-state index contributed by atoms with van der Waals surface area (Å²) in [5, 5.41) is 0. The second kappa shape index (κ2) is 7.58. The van der Waals surface area contributed by atoms with E-state index >= 15 is 0 Å². The van der Waals surface area contributed by atoms with E-state index < -0.39 is 0 Å². The van der Waals surface area contributed by atoms with Crippen molar-refractivity contribution in [2.75, 3.05) is 0 Å². The minimum absolute atomic E-state index is 0.282. The van der Waals surface area contributed by atoms with Gasteiger partial charge in [-0.1, -0.05) is 64.4 Å². The number of nitrogens with two attached hydrogens (primary N) is 1. The van der Waals surface area contributed by atoms with Crippen molar-refractivity contribution in [2.24, 2.45) is 17.6 Å². The fraction of sp³-hybridized carbons (Fsp3) is 0.647. The van der Waals surface area contributed by atoms with Gasteiger partial charge in [-0.3, -0.25) is 0 Å². The lowest BCUT2D eigenvalue weighted by molar-refractivity contribution is 0.351. The Bertz CT molecular complexity index is 318. The van der Waals surface area contributed by atoms with E-state index in [4.69, 9.17) is 5.73 Å². The van der Waals surface area contributed by atoms with E-state index in [1.807, 2.05) is 0 Å². The van der Waals surface area contributed by atoms with Crippen LogP contribution in [-0.2, 0) is 0 Å². The second-order valence-corrected chi connectivity index (χ2v) is 5.96. The predicted octanol–water partition coefficient (Wildman–Crippen LogP) is 4.58. The van der Waals surface area contributed by atoms with E-state index in [1.54, 1.807) is 0 Å². The normalized spacial score (nSPS) is 16.6. The van der Waals surface area contributed by atoms with Gasteiger partial charge in [-0.15, -0.1) is 0 Å². The minimum atomic E-state index is 0.282. The van der Waals surface area contributed by atoms with E-state index in [-0.39, 0.29) is 6.04 Å². The molecule has 1 rings (SSSR count). The smallest absolute Gasteiger partial charge is 0.0110 e. The van der Waals surface area contributed by atoms with Crippen LogP contribution in [-0.4, -0.2) is 6.04 Å². The van der Waals surface area contributed by atoms with Gasteiger partial charge in [-0.25, -0.2) is 0 Å². The fourth-order valence-corrected chi connectivity index (χ4v) is 2.63. The second-order valence-electron chi connectivity index (χ2n) is 5.96. The van der Waals surface area contributed by atoms with Crippen LogP contribution in [0.25, 0.3) is 0 Å². The highest BCUT2D eigenvalue weighted by molar-refractivity contribution is 5.22. The van der Waals surface area contributed by atoms with Gasteiger partial charge in [0.1, 0.15) is 0 Å². The Balaban J connectivity index is 2.78. The molecule has 3 atom stereocenters. The van der Waals surface area contributed by atoms with Gasteiger partial charge < -0.3 is 5.73 Å². The number of rotatable bonds is 7. The summed E-state index contributed by atoms with van der Waals surface area (Å²) in [7, 11) is 0. The maximum atomic E-state index is 6.47. The van der Waals surface area contributed by atoms with E-state index in [0.29, 0.717) is 11.8 Å². The zero-order chi connectivity index (χ0) is 13.5. The maximum absolute atomic E-state index is 6.47. The first kappa shape index (κ1) is 15.2. The van der Waals surface area contributed by atoms with Gasteiger partial charge in [0.25, 0.3) is 0 Å². The highest BCUT2D eigenvalue weighted by Crippen LogP contribution is 2.31.